The van der Waals surface area contributed by atoms with Crippen molar-refractivity contribution < 1.29 is 13.6 Å². The molecule has 26 heavy (non-hydrogen) atoms. The topological polar surface area (TPSA) is 75.9 Å². The first-order chi connectivity index (χ1) is 12.3. The number of piperidine rings is 1. The van der Waals surface area contributed by atoms with Crippen LogP contribution in [0.15, 0.2) is 12.5 Å². The van der Waals surface area contributed by atoms with E-state index < -0.39 is 11.8 Å². The van der Waals surface area contributed by atoms with E-state index in [1.807, 2.05) is 7.05 Å². The fourth-order valence-electron chi connectivity index (χ4n) is 4.18. The average Bonchev–Trinajstić information content (AvgIpc) is 2.94. The molecule has 7 nitrogen and oxygen atoms in total. The van der Waals surface area contributed by atoms with Gasteiger partial charge in [-0.1, -0.05) is 0 Å². The van der Waals surface area contributed by atoms with Crippen LogP contribution in [0.4, 0.5) is 14.6 Å². The Labute approximate surface area is 149 Å². The molecule has 1 N–H and O–H groups in total. The lowest BCUT2D eigenvalue weighted by atomic mass is 9.68. The van der Waals surface area contributed by atoms with Crippen LogP contribution in [0.2, 0.25) is 0 Å². The standard InChI is InChI=1S/C17H22F2N6O/c1-16(18,19)15(26)23-11-4-7-25(17(8-11)5-3-6-17)14-12-9-22-24(2)13(12)20-10-21-14/h9-11H,3-8H2,1-2H3,(H,23,26). The number of aromatic nitrogens is 4. The number of amides is 1. The molecule has 3 heterocycles. The van der Waals surface area contributed by atoms with E-state index in [0.717, 1.165) is 36.1 Å². The van der Waals surface area contributed by atoms with Crippen LogP contribution in [0, 0.1) is 0 Å². The van der Waals surface area contributed by atoms with E-state index in [-0.39, 0.29) is 11.6 Å². The summed E-state index contributed by atoms with van der Waals surface area (Å²) >= 11 is 0. The monoisotopic (exact) mass is 364 g/mol. The number of nitrogens with one attached hydrogen (secondary N) is 1. The molecule has 0 aromatic carbocycles. The minimum Gasteiger partial charge on any atom is -0.350 e. The van der Waals surface area contributed by atoms with Crippen molar-refractivity contribution in [3.05, 3.63) is 12.5 Å². The van der Waals surface area contributed by atoms with Gasteiger partial charge in [0.2, 0.25) is 0 Å². The zero-order valence-electron chi connectivity index (χ0n) is 14.9. The predicted octanol–water partition coefficient (Wildman–Crippen LogP) is 2.03. The van der Waals surface area contributed by atoms with Crippen molar-refractivity contribution in [1.29, 1.82) is 0 Å². The summed E-state index contributed by atoms with van der Waals surface area (Å²) in [6.45, 7) is 1.29. The van der Waals surface area contributed by atoms with Gasteiger partial charge in [-0.2, -0.15) is 13.9 Å². The van der Waals surface area contributed by atoms with Gasteiger partial charge >= 0.3 is 5.92 Å². The first kappa shape index (κ1) is 17.1. The molecule has 1 aliphatic heterocycles. The van der Waals surface area contributed by atoms with Gasteiger partial charge in [-0.25, -0.2) is 9.97 Å². The summed E-state index contributed by atoms with van der Waals surface area (Å²) < 4.78 is 28.2. The molecule has 2 aromatic heterocycles. The molecule has 1 saturated heterocycles. The van der Waals surface area contributed by atoms with Gasteiger partial charge in [0.05, 0.1) is 11.6 Å². The maximum atomic E-state index is 13.2. The quantitative estimate of drug-likeness (QED) is 0.902. The molecular formula is C17H22F2N6O. The molecule has 140 valence electrons. The van der Waals surface area contributed by atoms with Gasteiger partial charge in [0.1, 0.15) is 12.1 Å². The number of halogens is 2. The molecule has 1 saturated carbocycles. The number of alkyl halides is 2. The largest absolute Gasteiger partial charge is 0.350 e. The Hall–Kier alpha value is -2.32. The first-order valence-corrected chi connectivity index (χ1v) is 8.89. The van der Waals surface area contributed by atoms with Gasteiger partial charge < -0.3 is 10.2 Å². The summed E-state index contributed by atoms with van der Waals surface area (Å²) in [6, 6.07) is -0.240. The Morgan fingerprint density at radius 2 is 2.15 bits per heavy atom. The highest BCUT2D eigenvalue weighted by Crippen LogP contribution is 2.47. The number of aryl methyl sites for hydroxylation is 1. The van der Waals surface area contributed by atoms with E-state index in [2.05, 4.69) is 25.3 Å². The number of nitrogens with zero attached hydrogens (tertiary/aromatic N) is 5. The molecule has 1 unspecified atom stereocenters. The Balaban J connectivity index is 1.60. The maximum Gasteiger partial charge on any atom is 0.321 e. The summed E-state index contributed by atoms with van der Waals surface area (Å²) in [4.78, 5) is 22.7. The highest BCUT2D eigenvalue weighted by Gasteiger charge is 2.48. The van der Waals surface area contributed by atoms with Gasteiger partial charge in [-0.15, -0.1) is 0 Å². The van der Waals surface area contributed by atoms with Crippen LogP contribution in [0.1, 0.15) is 39.0 Å². The molecule has 0 radical (unpaired) electrons. The summed E-state index contributed by atoms with van der Waals surface area (Å²) in [5.41, 5.74) is 0.626. The van der Waals surface area contributed by atoms with E-state index in [9.17, 15) is 13.6 Å². The smallest absolute Gasteiger partial charge is 0.321 e. The zero-order valence-corrected chi connectivity index (χ0v) is 14.9. The van der Waals surface area contributed by atoms with Crippen LogP contribution in [0.3, 0.4) is 0 Å². The fraction of sp³-hybridized carbons (Fsp3) is 0.647. The molecule has 2 fully saturated rings. The molecule has 1 atom stereocenters. The molecule has 0 bridgehead atoms. The molecule has 2 aromatic rings. The number of hydrogen-bond donors (Lipinski definition) is 1. The number of carbonyl (C=O) groups is 1. The maximum absolute atomic E-state index is 13.2. The number of anilines is 1. The molecule has 1 aliphatic carbocycles. The second-order valence-corrected chi connectivity index (χ2v) is 7.48. The number of carbonyl (C=O) groups excluding carboxylic acids is 1. The van der Waals surface area contributed by atoms with Crippen molar-refractivity contribution in [2.24, 2.45) is 7.05 Å². The lowest BCUT2D eigenvalue weighted by Gasteiger charge is -2.55. The van der Waals surface area contributed by atoms with Gasteiger partial charge in [-0.05, 0) is 32.1 Å². The normalized spacial score (nSPS) is 22.5. The minimum atomic E-state index is -3.35. The van der Waals surface area contributed by atoms with Gasteiger partial charge in [0, 0.05) is 32.1 Å². The highest BCUT2D eigenvalue weighted by atomic mass is 19.3. The molecule has 2 aliphatic rings. The summed E-state index contributed by atoms with van der Waals surface area (Å²) in [5, 5.41) is 7.69. The summed E-state index contributed by atoms with van der Waals surface area (Å²) in [5.74, 6) is -3.70. The summed E-state index contributed by atoms with van der Waals surface area (Å²) in [7, 11) is 1.84. The molecule has 4 rings (SSSR count). The van der Waals surface area contributed by atoms with E-state index in [1.54, 1.807) is 10.9 Å². The Morgan fingerprint density at radius 3 is 2.81 bits per heavy atom. The van der Waals surface area contributed by atoms with Crippen molar-refractivity contribution in [2.45, 2.75) is 56.5 Å². The lowest BCUT2D eigenvalue weighted by Crippen LogP contribution is -2.63. The van der Waals surface area contributed by atoms with E-state index in [4.69, 9.17) is 0 Å². The summed E-state index contributed by atoms with van der Waals surface area (Å²) in [6.07, 6.45) is 7.58. The minimum absolute atomic E-state index is 0.143. The average molecular weight is 364 g/mol. The number of rotatable bonds is 3. The SMILES string of the molecule is Cn1ncc2c(N3CCC(NC(=O)C(C)(F)F)CC34CCC4)ncnc21. The predicted molar refractivity (Wildman–Crippen MR) is 92.0 cm³/mol. The highest BCUT2D eigenvalue weighted by molar-refractivity contribution is 5.87. The van der Waals surface area contributed by atoms with E-state index in [1.165, 1.54) is 6.33 Å². The Morgan fingerprint density at radius 1 is 1.38 bits per heavy atom. The van der Waals surface area contributed by atoms with Crippen LogP contribution >= 0.6 is 0 Å². The molecule has 1 spiro atoms. The van der Waals surface area contributed by atoms with Crippen molar-refractivity contribution in [2.75, 3.05) is 11.4 Å². The van der Waals surface area contributed by atoms with Crippen LogP contribution in [-0.2, 0) is 11.8 Å². The zero-order chi connectivity index (χ0) is 18.5. The fourth-order valence-corrected chi connectivity index (χ4v) is 4.18. The van der Waals surface area contributed by atoms with E-state index in [0.29, 0.717) is 26.3 Å². The van der Waals surface area contributed by atoms with Gasteiger partial charge in [0.25, 0.3) is 5.91 Å². The van der Waals surface area contributed by atoms with Gasteiger partial charge in [-0.3, -0.25) is 9.48 Å². The number of hydrogen-bond acceptors (Lipinski definition) is 5. The van der Waals surface area contributed by atoms with Crippen LogP contribution < -0.4 is 10.2 Å². The first-order valence-electron chi connectivity index (χ1n) is 8.89. The second-order valence-electron chi connectivity index (χ2n) is 7.48. The third-order valence-electron chi connectivity index (χ3n) is 5.68. The second kappa shape index (κ2) is 5.85. The molecule has 9 heteroatoms. The molecular weight excluding hydrogens is 342 g/mol. The van der Waals surface area contributed by atoms with Crippen LogP contribution in [0.5, 0.6) is 0 Å². The van der Waals surface area contributed by atoms with Crippen molar-refractivity contribution in [3.63, 3.8) is 0 Å². The number of fused-ring (bicyclic) bond motifs is 1. The van der Waals surface area contributed by atoms with E-state index >= 15 is 0 Å². The third-order valence-corrected chi connectivity index (χ3v) is 5.68. The van der Waals surface area contributed by atoms with Crippen molar-refractivity contribution in [1.82, 2.24) is 25.1 Å². The third kappa shape index (κ3) is 2.69. The van der Waals surface area contributed by atoms with Crippen molar-refractivity contribution in [3.8, 4) is 0 Å². The lowest BCUT2D eigenvalue weighted by molar-refractivity contribution is -0.144. The van der Waals surface area contributed by atoms with Crippen LogP contribution in [-0.4, -0.2) is 49.7 Å². The van der Waals surface area contributed by atoms with Crippen LogP contribution in [0.25, 0.3) is 11.0 Å². The molecule has 1 amide bonds. The Kier molecular flexibility index (Phi) is 3.85. The van der Waals surface area contributed by atoms with Crippen molar-refractivity contribution >= 4 is 22.8 Å². The Bertz CT molecular complexity index is 841. The van der Waals surface area contributed by atoms with Gasteiger partial charge in [0.15, 0.2) is 5.65 Å².